The van der Waals surface area contributed by atoms with Crippen LogP contribution in [0.4, 0.5) is 5.82 Å². The number of imidazole rings is 1. The highest BCUT2D eigenvalue weighted by atomic mass is 127. The van der Waals surface area contributed by atoms with Crippen LogP contribution in [0, 0.1) is 9.49 Å². The first-order valence-electron chi connectivity index (χ1n) is 11.2. The lowest BCUT2D eigenvalue weighted by Gasteiger charge is -2.22. The fraction of sp³-hybridized carbons (Fsp3) is 0.348. The molecule has 184 valence electrons. The first kappa shape index (κ1) is 24.0. The molecular weight excluding hydrogens is 583 g/mol. The van der Waals surface area contributed by atoms with Gasteiger partial charge in [0.15, 0.2) is 39.4 Å². The summed E-state index contributed by atoms with van der Waals surface area (Å²) in [4.78, 5) is 13.2. The smallest absolute Gasteiger partial charge is 0.203 e. The summed E-state index contributed by atoms with van der Waals surface area (Å²) in [7, 11) is 0. The molecule has 3 aromatic rings. The Morgan fingerprint density at radius 1 is 1.17 bits per heavy atom. The molecule has 0 bridgehead atoms. The van der Waals surface area contributed by atoms with Crippen molar-refractivity contribution in [2.45, 2.75) is 25.5 Å². The van der Waals surface area contributed by atoms with Crippen LogP contribution in [-0.4, -0.2) is 45.8 Å². The number of nitrogens with one attached hydrogen (secondary N) is 1. The van der Waals surface area contributed by atoms with E-state index in [4.69, 9.17) is 29.7 Å². The summed E-state index contributed by atoms with van der Waals surface area (Å²) < 4.78 is 26.2. The number of hydrogen-bond acceptors (Lipinski definition) is 10. The number of anilines is 1. The van der Waals surface area contributed by atoms with Crippen molar-refractivity contribution in [1.29, 1.82) is 0 Å². The van der Waals surface area contributed by atoms with E-state index in [1.807, 2.05) is 16.7 Å². The molecule has 1 aromatic carbocycles. The topological polar surface area (TPSA) is 119 Å². The second-order valence-corrected chi connectivity index (χ2v) is 10.4. The third-order valence-corrected chi connectivity index (χ3v) is 7.00. The molecule has 0 unspecified atom stereocenters. The second-order valence-electron chi connectivity index (χ2n) is 8.31. The fourth-order valence-electron chi connectivity index (χ4n) is 3.61. The van der Waals surface area contributed by atoms with E-state index >= 15 is 0 Å². The number of rotatable bonds is 8. The molecule has 0 spiro atoms. The molecule has 0 radical (unpaired) electrons. The number of aromatic nitrogens is 4. The van der Waals surface area contributed by atoms with Gasteiger partial charge in [-0.2, -0.15) is 0 Å². The Bertz CT molecular complexity index is 1310. The first-order valence-corrected chi connectivity index (χ1v) is 13.1. The van der Waals surface area contributed by atoms with Gasteiger partial charge in [-0.3, -0.25) is 0 Å². The molecule has 0 saturated heterocycles. The van der Waals surface area contributed by atoms with E-state index in [-0.39, 0.29) is 0 Å². The Morgan fingerprint density at radius 2 is 1.97 bits per heavy atom. The monoisotopic (exact) mass is 608 g/mol. The van der Waals surface area contributed by atoms with Crippen molar-refractivity contribution in [3.8, 4) is 11.5 Å². The maximum Gasteiger partial charge on any atom is 0.203 e. The Morgan fingerprint density at radius 3 is 2.77 bits per heavy atom. The van der Waals surface area contributed by atoms with Crippen molar-refractivity contribution in [2.75, 3.05) is 32.0 Å². The van der Waals surface area contributed by atoms with Gasteiger partial charge in [0.05, 0.1) is 0 Å². The summed E-state index contributed by atoms with van der Waals surface area (Å²) in [6, 6.07) is 3.84. The van der Waals surface area contributed by atoms with Crippen LogP contribution in [0.1, 0.15) is 19.4 Å². The molecule has 35 heavy (non-hydrogen) atoms. The van der Waals surface area contributed by atoms with E-state index in [0.717, 1.165) is 28.0 Å². The number of ether oxygens (including phenoxy) is 4. The van der Waals surface area contributed by atoms with Gasteiger partial charge in [-0.05, 0) is 58.9 Å². The predicted octanol–water partition coefficient (Wildman–Crippen LogP) is 3.97. The maximum atomic E-state index is 6.21. The lowest BCUT2D eigenvalue weighted by molar-refractivity contribution is 0.171. The molecule has 0 amide bonds. The average molecular weight is 608 g/mol. The zero-order valence-electron chi connectivity index (χ0n) is 19.3. The summed E-state index contributed by atoms with van der Waals surface area (Å²) in [5.41, 5.74) is 8.18. The van der Waals surface area contributed by atoms with Crippen molar-refractivity contribution in [1.82, 2.24) is 24.8 Å². The molecule has 10 nitrogen and oxygen atoms in total. The van der Waals surface area contributed by atoms with Crippen LogP contribution < -0.4 is 20.5 Å². The van der Waals surface area contributed by atoms with Crippen LogP contribution in [0.2, 0.25) is 0 Å². The largest absolute Gasteiger partial charge is 0.486 e. The SMILES string of the molecule is CC(C)CNCCn1c(SC2=COC=C(c3cc4c(cc3I)OCCO4)O2)nc2c(N)ncnc21. The minimum absolute atomic E-state index is 0.340. The van der Waals surface area contributed by atoms with Crippen molar-refractivity contribution >= 4 is 57.1 Å². The van der Waals surface area contributed by atoms with Gasteiger partial charge in [-0.25, -0.2) is 15.0 Å². The van der Waals surface area contributed by atoms with Gasteiger partial charge in [-0.15, -0.1) is 0 Å². The van der Waals surface area contributed by atoms with Gasteiger partial charge >= 0.3 is 0 Å². The molecule has 0 saturated carbocycles. The predicted molar refractivity (Wildman–Crippen MR) is 142 cm³/mol. The van der Waals surface area contributed by atoms with Crippen LogP contribution in [0.25, 0.3) is 16.9 Å². The molecule has 5 rings (SSSR count). The summed E-state index contributed by atoms with van der Waals surface area (Å²) in [6.45, 7) is 7.76. The van der Waals surface area contributed by atoms with Crippen LogP contribution in [0.5, 0.6) is 11.5 Å². The van der Waals surface area contributed by atoms with Gasteiger partial charge < -0.3 is 34.6 Å². The summed E-state index contributed by atoms with van der Waals surface area (Å²) in [5.74, 6) is 2.88. The third-order valence-electron chi connectivity index (χ3n) is 5.23. The number of benzene rings is 1. The van der Waals surface area contributed by atoms with Gasteiger partial charge in [0.25, 0.3) is 0 Å². The quantitative estimate of drug-likeness (QED) is 0.287. The molecule has 0 atom stereocenters. The Balaban J connectivity index is 1.37. The number of hydrogen-bond donors (Lipinski definition) is 2. The summed E-state index contributed by atoms with van der Waals surface area (Å²) in [5, 5.41) is 4.68. The molecule has 2 aliphatic rings. The first-order chi connectivity index (χ1) is 17.0. The maximum absolute atomic E-state index is 6.21. The van der Waals surface area contributed by atoms with Crippen molar-refractivity contribution in [3.63, 3.8) is 0 Å². The van der Waals surface area contributed by atoms with Gasteiger partial charge in [0, 0.05) is 22.2 Å². The van der Waals surface area contributed by atoms with Crippen molar-refractivity contribution < 1.29 is 18.9 Å². The number of nitrogens with two attached hydrogens (primary N) is 1. The fourth-order valence-corrected chi connectivity index (χ4v) is 5.15. The number of thioether (sulfide) groups is 1. The van der Waals surface area contributed by atoms with Crippen LogP contribution in [0.15, 0.2) is 41.2 Å². The minimum Gasteiger partial charge on any atom is -0.486 e. The Kier molecular flexibility index (Phi) is 7.20. The zero-order valence-corrected chi connectivity index (χ0v) is 22.3. The second kappa shape index (κ2) is 10.5. The molecular formula is C23H25IN6O4S. The van der Waals surface area contributed by atoms with Gasteiger partial charge in [0.1, 0.15) is 32.1 Å². The molecule has 2 aromatic heterocycles. The Labute approximate surface area is 220 Å². The van der Waals surface area contributed by atoms with E-state index < -0.39 is 0 Å². The molecule has 2 aliphatic heterocycles. The molecule has 0 aliphatic carbocycles. The number of nitrogens with zero attached hydrogens (tertiary/aromatic N) is 4. The highest BCUT2D eigenvalue weighted by molar-refractivity contribution is 14.1. The minimum atomic E-state index is 0.340. The molecule has 4 heterocycles. The highest BCUT2D eigenvalue weighted by Crippen LogP contribution is 2.40. The van der Waals surface area contributed by atoms with Crippen LogP contribution >= 0.6 is 34.4 Å². The van der Waals surface area contributed by atoms with E-state index in [1.54, 1.807) is 12.5 Å². The lowest BCUT2D eigenvalue weighted by Crippen LogP contribution is -2.24. The van der Waals surface area contributed by atoms with E-state index in [0.29, 0.717) is 64.4 Å². The van der Waals surface area contributed by atoms with E-state index in [2.05, 4.69) is 51.7 Å². The van der Waals surface area contributed by atoms with Gasteiger partial charge in [0.2, 0.25) is 5.09 Å². The van der Waals surface area contributed by atoms with Crippen molar-refractivity contribution in [3.05, 3.63) is 45.2 Å². The van der Waals surface area contributed by atoms with Crippen LogP contribution in [0.3, 0.4) is 0 Å². The third kappa shape index (κ3) is 5.28. The number of nitrogen functional groups attached to an aromatic ring is 1. The molecule has 12 heteroatoms. The Hall–Kier alpha value is -2.71. The summed E-state index contributed by atoms with van der Waals surface area (Å²) in [6.07, 6.45) is 4.57. The normalized spacial score (nSPS) is 15.0. The molecule has 3 N–H and O–H groups in total. The van der Waals surface area contributed by atoms with Crippen LogP contribution in [-0.2, 0) is 16.0 Å². The van der Waals surface area contributed by atoms with Crippen molar-refractivity contribution in [2.24, 2.45) is 5.92 Å². The van der Waals surface area contributed by atoms with E-state index in [9.17, 15) is 0 Å². The van der Waals surface area contributed by atoms with Gasteiger partial charge in [-0.1, -0.05) is 13.8 Å². The molecule has 0 fully saturated rings. The average Bonchev–Trinajstić information content (AvgIpc) is 3.19. The van der Waals surface area contributed by atoms with E-state index in [1.165, 1.54) is 18.1 Å². The lowest BCUT2D eigenvalue weighted by atomic mass is 10.1. The zero-order chi connectivity index (χ0) is 24.4. The number of halogens is 1. The number of fused-ring (bicyclic) bond motifs is 2. The highest BCUT2D eigenvalue weighted by Gasteiger charge is 2.23. The summed E-state index contributed by atoms with van der Waals surface area (Å²) >= 11 is 3.59. The standard InChI is InChI=1S/C23H25IN6O4S/c1-13(2)9-26-3-4-30-22-20(21(25)27-12-28-22)29-23(30)35-19-11-31-10-18(34-19)14-7-16-17(8-15(14)24)33-6-5-32-16/h7-8,10-13,26H,3-6,9H2,1-2H3,(H2,25,27,28).